The molecule has 3 aromatic rings. The molecule has 0 spiro atoms. The van der Waals surface area contributed by atoms with E-state index in [1.165, 1.54) is 6.26 Å². The molecule has 0 fully saturated rings. The number of hydrogen-bond donors (Lipinski definition) is 2. The lowest BCUT2D eigenvalue weighted by molar-refractivity contribution is 0.0946. The molecule has 2 heterocycles. The lowest BCUT2D eigenvalue weighted by Crippen LogP contribution is -2.26. The summed E-state index contributed by atoms with van der Waals surface area (Å²) >= 11 is 0. The van der Waals surface area contributed by atoms with Gasteiger partial charge in [-0.2, -0.15) is 5.10 Å². The van der Waals surface area contributed by atoms with E-state index in [0.717, 1.165) is 5.56 Å². The summed E-state index contributed by atoms with van der Waals surface area (Å²) < 4.78 is 4.92. The highest BCUT2D eigenvalue weighted by Crippen LogP contribution is 2.12. The van der Waals surface area contributed by atoms with E-state index in [2.05, 4.69) is 15.5 Å². The van der Waals surface area contributed by atoms with Gasteiger partial charge in [0.15, 0.2) is 5.69 Å². The molecule has 0 unspecified atom stereocenters. The third-order valence-electron chi connectivity index (χ3n) is 2.94. The summed E-state index contributed by atoms with van der Waals surface area (Å²) in [5.74, 6) is -0.348. The van der Waals surface area contributed by atoms with Crippen LogP contribution >= 0.6 is 0 Å². The van der Waals surface area contributed by atoms with Crippen LogP contribution in [0.4, 0.5) is 0 Å². The molecule has 0 saturated heterocycles. The quantitative estimate of drug-likeness (QED) is 0.753. The fourth-order valence-electron chi connectivity index (χ4n) is 1.95. The molecule has 0 aliphatic carbocycles. The van der Waals surface area contributed by atoms with Crippen molar-refractivity contribution in [2.75, 3.05) is 0 Å². The SMILES string of the molecule is O=C(NCc1ccoc1)c1n[nH]c(=O)c2ccccc12. The number of nitrogens with zero attached hydrogens (tertiary/aromatic N) is 1. The van der Waals surface area contributed by atoms with Crippen molar-refractivity contribution in [3.05, 3.63) is 64.5 Å². The van der Waals surface area contributed by atoms with Crippen LogP contribution in [-0.4, -0.2) is 16.1 Å². The van der Waals surface area contributed by atoms with Crippen LogP contribution in [-0.2, 0) is 6.54 Å². The van der Waals surface area contributed by atoms with Crippen molar-refractivity contribution in [2.24, 2.45) is 0 Å². The zero-order chi connectivity index (χ0) is 13.9. The molecule has 2 N–H and O–H groups in total. The number of fused-ring (bicyclic) bond motifs is 1. The van der Waals surface area contributed by atoms with E-state index in [4.69, 9.17) is 4.42 Å². The maximum Gasteiger partial charge on any atom is 0.272 e. The molecule has 20 heavy (non-hydrogen) atoms. The molecule has 0 atom stereocenters. The normalized spacial score (nSPS) is 10.6. The first-order valence-electron chi connectivity index (χ1n) is 6.02. The van der Waals surface area contributed by atoms with Gasteiger partial charge in [0.2, 0.25) is 0 Å². The van der Waals surface area contributed by atoms with Crippen molar-refractivity contribution in [1.29, 1.82) is 0 Å². The highest BCUT2D eigenvalue weighted by atomic mass is 16.3. The Morgan fingerprint density at radius 1 is 1.25 bits per heavy atom. The van der Waals surface area contributed by atoms with Crippen LogP contribution in [0.25, 0.3) is 10.8 Å². The molecular weight excluding hydrogens is 258 g/mol. The summed E-state index contributed by atoms with van der Waals surface area (Å²) in [6.45, 7) is 0.338. The number of nitrogens with one attached hydrogen (secondary N) is 2. The van der Waals surface area contributed by atoms with E-state index < -0.39 is 0 Å². The summed E-state index contributed by atoms with van der Waals surface area (Å²) in [5.41, 5.74) is 0.739. The van der Waals surface area contributed by atoms with Gasteiger partial charge in [0.05, 0.1) is 17.9 Å². The Hall–Kier alpha value is -2.89. The van der Waals surface area contributed by atoms with Gasteiger partial charge in [-0.3, -0.25) is 9.59 Å². The van der Waals surface area contributed by atoms with Crippen LogP contribution in [0.15, 0.2) is 52.1 Å². The molecule has 6 heteroatoms. The number of carbonyl (C=O) groups is 1. The minimum atomic E-state index is -0.348. The summed E-state index contributed by atoms with van der Waals surface area (Å²) in [6.07, 6.45) is 3.09. The maximum absolute atomic E-state index is 12.1. The molecule has 3 rings (SSSR count). The number of H-pyrrole nitrogens is 1. The Balaban J connectivity index is 1.92. The Morgan fingerprint density at radius 3 is 2.80 bits per heavy atom. The number of aromatic amines is 1. The first kappa shape index (κ1) is 12.2. The predicted octanol–water partition coefficient (Wildman–Crippen LogP) is 1.45. The summed E-state index contributed by atoms with van der Waals surface area (Å²) in [5, 5.41) is 9.86. The van der Waals surface area contributed by atoms with Crippen LogP contribution in [0.3, 0.4) is 0 Å². The van der Waals surface area contributed by atoms with Crippen molar-refractivity contribution >= 4 is 16.7 Å². The number of rotatable bonds is 3. The molecule has 1 amide bonds. The molecular formula is C14H11N3O3. The average molecular weight is 269 g/mol. The number of aromatic nitrogens is 2. The van der Waals surface area contributed by atoms with Gasteiger partial charge >= 0.3 is 0 Å². The second-order valence-corrected chi connectivity index (χ2v) is 4.26. The predicted molar refractivity (Wildman–Crippen MR) is 72.2 cm³/mol. The number of amides is 1. The van der Waals surface area contributed by atoms with Crippen molar-refractivity contribution in [2.45, 2.75) is 6.54 Å². The van der Waals surface area contributed by atoms with Gasteiger partial charge in [0.1, 0.15) is 0 Å². The maximum atomic E-state index is 12.1. The number of carbonyl (C=O) groups excluding carboxylic acids is 1. The minimum absolute atomic E-state index is 0.198. The molecule has 0 aliphatic rings. The van der Waals surface area contributed by atoms with Gasteiger partial charge < -0.3 is 9.73 Å². The second-order valence-electron chi connectivity index (χ2n) is 4.26. The van der Waals surface area contributed by atoms with E-state index in [-0.39, 0.29) is 17.2 Å². The average Bonchev–Trinajstić information content (AvgIpc) is 2.99. The van der Waals surface area contributed by atoms with E-state index in [9.17, 15) is 9.59 Å². The Morgan fingerprint density at radius 2 is 2.05 bits per heavy atom. The van der Waals surface area contributed by atoms with Gasteiger partial charge in [-0.1, -0.05) is 18.2 Å². The third kappa shape index (κ3) is 2.18. The number of furan rings is 1. The zero-order valence-electron chi connectivity index (χ0n) is 10.4. The lowest BCUT2D eigenvalue weighted by Gasteiger charge is -2.05. The van der Waals surface area contributed by atoms with Crippen molar-refractivity contribution < 1.29 is 9.21 Å². The number of hydrogen-bond acceptors (Lipinski definition) is 4. The largest absolute Gasteiger partial charge is 0.472 e. The lowest BCUT2D eigenvalue weighted by atomic mass is 10.1. The first-order chi connectivity index (χ1) is 9.75. The smallest absolute Gasteiger partial charge is 0.272 e. The Labute approximate surface area is 113 Å². The summed E-state index contributed by atoms with van der Waals surface area (Å²) in [6, 6.07) is 8.62. The van der Waals surface area contributed by atoms with Crippen LogP contribution in [0.2, 0.25) is 0 Å². The topological polar surface area (TPSA) is 88.0 Å². The molecule has 1 aromatic carbocycles. The van der Waals surface area contributed by atoms with Crippen molar-refractivity contribution in [3.63, 3.8) is 0 Å². The van der Waals surface area contributed by atoms with E-state index >= 15 is 0 Å². The summed E-state index contributed by atoms with van der Waals surface area (Å²) in [4.78, 5) is 23.8. The minimum Gasteiger partial charge on any atom is -0.472 e. The van der Waals surface area contributed by atoms with Crippen molar-refractivity contribution in [3.8, 4) is 0 Å². The van der Waals surface area contributed by atoms with Crippen LogP contribution < -0.4 is 10.9 Å². The Bertz CT molecular complexity index is 806. The highest BCUT2D eigenvalue weighted by Gasteiger charge is 2.13. The number of benzene rings is 1. The molecule has 0 saturated carbocycles. The van der Waals surface area contributed by atoms with Crippen LogP contribution in [0, 0.1) is 0 Å². The summed E-state index contributed by atoms with van der Waals surface area (Å²) in [7, 11) is 0. The molecule has 6 nitrogen and oxygen atoms in total. The van der Waals surface area contributed by atoms with Gasteiger partial charge in [0.25, 0.3) is 11.5 Å². The van der Waals surface area contributed by atoms with Gasteiger partial charge in [-0.05, 0) is 12.1 Å². The monoisotopic (exact) mass is 269 g/mol. The van der Waals surface area contributed by atoms with Gasteiger partial charge in [-0.25, -0.2) is 5.10 Å². The molecule has 2 aromatic heterocycles. The van der Waals surface area contributed by atoms with Crippen LogP contribution in [0.1, 0.15) is 16.1 Å². The standard InChI is InChI=1S/C14H11N3O3/c18-13-11-4-2-1-3-10(11)12(16-17-13)14(19)15-7-9-5-6-20-8-9/h1-6,8H,7H2,(H,15,19)(H,17,18). The molecule has 0 bridgehead atoms. The highest BCUT2D eigenvalue weighted by molar-refractivity contribution is 6.04. The van der Waals surface area contributed by atoms with Gasteiger partial charge in [-0.15, -0.1) is 0 Å². The molecule has 0 radical (unpaired) electrons. The molecule has 100 valence electrons. The zero-order valence-corrected chi connectivity index (χ0v) is 10.4. The van der Waals surface area contributed by atoms with E-state index in [0.29, 0.717) is 17.3 Å². The van der Waals surface area contributed by atoms with Crippen molar-refractivity contribution in [1.82, 2.24) is 15.5 Å². The third-order valence-corrected chi connectivity index (χ3v) is 2.94. The molecule has 0 aliphatic heterocycles. The van der Waals surface area contributed by atoms with Crippen LogP contribution in [0.5, 0.6) is 0 Å². The first-order valence-corrected chi connectivity index (χ1v) is 6.02. The fraction of sp³-hybridized carbons (Fsp3) is 0.0714. The fourth-order valence-corrected chi connectivity index (χ4v) is 1.95. The van der Waals surface area contributed by atoms with E-state index in [1.54, 1.807) is 36.6 Å². The van der Waals surface area contributed by atoms with E-state index in [1.807, 2.05) is 0 Å². The van der Waals surface area contributed by atoms with Gasteiger partial charge in [0, 0.05) is 17.5 Å². The Kier molecular flexibility index (Phi) is 3.04. The second kappa shape index (κ2) is 5.00.